The van der Waals surface area contributed by atoms with Crippen LogP contribution in [0.1, 0.15) is 99.8 Å². The second kappa shape index (κ2) is 13.0. The van der Waals surface area contributed by atoms with Gasteiger partial charge in [0.05, 0.1) is 5.54 Å². The summed E-state index contributed by atoms with van der Waals surface area (Å²) in [5.74, 6) is 2.15. The summed E-state index contributed by atoms with van der Waals surface area (Å²) in [6.07, 6.45) is 4.11. The fourth-order valence-corrected chi connectivity index (χ4v) is 7.00. The maximum atomic E-state index is 6.77. The van der Waals surface area contributed by atoms with Crippen LogP contribution in [0, 0.1) is 12.1 Å². The molecule has 5 nitrogen and oxygen atoms in total. The first-order valence-corrected chi connectivity index (χ1v) is 18.1. The van der Waals surface area contributed by atoms with Crippen molar-refractivity contribution in [2.45, 2.75) is 105 Å². The van der Waals surface area contributed by atoms with Gasteiger partial charge in [0, 0.05) is 62.1 Å². The average molecular weight is 871 g/mol. The minimum absolute atomic E-state index is 0. The molecule has 3 aromatic heterocycles. The van der Waals surface area contributed by atoms with Gasteiger partial charge in [-0.15, -0.1) is 29.1 Å². The number of nitrogens with zero attached hydrogens (tertiary/aromatic N) is 4. The number of imidazole rings is 1. The van der Waals surface area contributed by atoms with Crippen LogP contribution in [0.5, 0.6) is 11.5 Å². The molecule has 0 fully saturated rings. The van der Waals surface area contributed by atoms with Crippen molar-refractivity contribution < 1.29 is 25.8 Å². The average Bonchev–Trinajstić information content (AvgIpc) is 3.60. The van der Waals surface area contributed by atoms with E-state index in [1.165, 1.54) is 27.6 Å². The molecule has 4 aromatic carbocycles. The minimum Gasteiger partial charge on any atom is -0.508 e. The molecule has 6 heteroatoms. The Balaban J connectivity index is 0.00000464. The first kappa shape index (κ1) is 37.5. The number of hydrogen-bond acceptors (Lipinski definition) is 2. The smallest absolute Gasteiger partial charge is 0.188 e. The summed E-state index contributed by atoms with van der Waals surface area (Å²) in [6, 6.07) is 35.4. The largest absolute Gasteiger partial charge is 0.508 e. The zero-order valence-electron chi connectivity index (χ0n) is 32.7. The van der Waals surface area contributed by atoms with Crippen molar-refractivity contribution in [2.24, 2.45) is 0 Å². The molecule has 0 amide bonds. The van der Waals surface area contributed by atoms with Crippen molar-refractivity contribution in [2.75, 3.05) is 0 Å². The number of pyridine rings is 1. The third kappa shape index (κ3) is 6.85. The van der Waals surface area contributed by atoms with E-state index in [0.29, 0.717) is 11.5 Å². The number of ether oxygens (including phenoxy) is 1. The van der Waals surface area contributed by atoms with E-state index in [1.807, 2.05) is 12.3 Å². The minimum atomic E-state index is -0.113. The number of benzene rings is 4. The predicted molar refractivity (Wildman–Crippen MR) is 213 cm³/mol. The molecule has 0 atom stereocenters. The van der Waals surface area contributed by atoms with E-state index in [9.17, 15) is 0 Å². The maximum Gasteiger partial charge on any atom is 0.188 e. The first-order chi connectivity index (χ1) is 23.8. The Bertz CT molecular complexity index is 2440. The van der Waals surface area contributed by atoms with Gasteiger partial charge in [-0.25, -0.2) is 14.1 Å². The van der Waals surface area contributed by atoms with Crippen molar-refractivity contribution >= 4 is 32.8 Å². The van der Waals surface area contributed by atoms with Gasteiger partial charge in [0.2, 0.25) is 0 Å². The van der Waals surface area contributed by atoms with Crippen molar-refractivity contribution in [3.8, 4) is 23.0 Å². The van der Waals surface area contributed by atoms with Gasteiger partial charge >= 0.3 is 0 Å². The summed E-state index contributed by atoms with van der Waals surface area (Å²) in [6.45, 7) is 27.0. The summed E-state index contributed by atoms with van der Waals surface area (Å²) >= 11 is 0. The Morgan fingerprint density at radius 1 is 0.635 bits per heavy atom. The molecule has 272 valence electrons. The molecule has 0 aliphatic rings. The Kier molecular flexibility index (Phi) is 9.40. The molecule has 52 heavy (non-hydrogen) atoms. The molecule has 0 spiro atoms. The molecule has 0 aliphatic carbocycles. The third-order valence-corrected chi connectivity index (χ3v) is 9.85. The summed E-state index contributed by atoms with van der Waals surface area (Å²) in [4.78, 5) is 4.92. The normalized spacial score (nSPS) is 12.8. The second-order valence-electron chi connectivity index (χ2n) is 18.0. The molecule has 0 N–H and O–H groups in total. The summed E-state index contributed by atoms with van der Waals surface area (Å²) in [7, 11) is 0. The van der Waals surface area contributed by atoms with Crippen LogP contribution < -0.4 is 4.74 Å². The van der Waals surface area contributed by atoms with Crippen molar-refractivity contribution in [1.82, 2.24) is 18.7 Å². The van der Waals surface area contributed by atoms with E-state index in [2.05, 4.69) is 188 Å². The fourth-order valence-electron chi connectivity index (χ4n) is 7.00. The van der Waals surface area contributed by atoms with E-state index in [-0.39, 0.29) is 42.8 Å². The number of aromatic nitrogens is 4. The molecular weight excluding hydrogens is 820 g/mol. The summed E-state index contributed by atoms with van der Waals surface area (Å²) in [5, 5.41) is 2.35. The molecule has 7 aromatic rings. The van der Waals surface area contributed by atoms with Crippen LogP contribution in [0.4, 0.5) is 0 Å². The van der Waals surface area contributed by atoms with Crippen molar-refractivity contribution in [3.05, 3.63) is 120 Å². The van der Waals surface area contributed by atoms with Crippen LogP contribution in [0.3, 0.4) is 0 Å². The number of rotatable bonds is 4. The van der Waals surface area contributed by atoms with Gasteiger partial charge in [-0.2, -0.15) is 6.07 Å². The van der Waals surface area contributed by atoms with Gasteiger partial charge in [-0.05, 0) is 83.9 Å². The van der Waals surface area contributed by atoms with Gasteiger partial charge in [-0.3, -0.25) is 0 Å². The van der Waals surface area contributed by atoms with Crippen LogP contribution in [0.15, 0.2) is 91.4 Å². The van der Waals surface area contributed by atoms with E-state index >= 15 is 0 Å². The molecule has 0 bridgehead atoms. The van der Waals surface area contributed by atoms with Crippen LogP contribution in [-0.2, 0) is 42.8 Å². The summed E-state index contributed by atoms with van der Waals surface area (Å²) in [5.41, 5.74) is 8.69. The zero-order chi connectivity index (χ0) is 36.7. The Morgan fingerprint density at radius 3 is 1.96 bits per heavy atom. The number of hydrogen-bond donors (Lipinski definition) is 0. The molecule has 0 saturated carbocycles. The standard InChI is InChI=1S/C46H51N4O.Pt/c1-43(2,3)30-22-23-47-41(26-30)50-39-19-15-16-36(45(7,8)9)42(39)35-21-20-33(28-40(35)50)51-34-25-31(44(4,5)6)24-32(27-34)48-29-49(46(10,11)12)38-18-14-13-17-37(38)48;/h13-26,29H,1-12H3;/q-1;. The van der Waals surface area contributed by atoms with Crippen LogP contribution in [-0.4, -0.2) is 18.7 Å². The maximum absolute atomic E-state index is 6.77. The Hall–Kier alpha value is -4.21. The monoisotopic (exact) mass is 870 g/mol. The van der Waals surface area contributed by atoms with Gasteiger partial charge < -0.3 is 9.30 Å². The summed E-state index contributed by atoms with van der Waals surface area (Å²) < 4.78 is 13.6. The van der Waals surface area contributed by atoms with Crippen LogP contribution >= 0.6 is 0 Å². The molecule has 0 saturated heterocycles. The van der Waals surface area contributed by atoms with E-state index in [4.69, 9.17) is 9.72 Å². The van der Waals surface area contributed by atoms with Gasteiger partial charge in [-0.1, -0.05) is 92.1 Å². The molecule has 0 aliphatic heterocycles. The second-order valence-corrected chi connectivity index (χ2v) is 18.0. The van der Waals surface area contributed by atoms with Crippen molar-refractivity contribution in [1.29, 1.82) is 0 Å². The predicted octanol–water partition coefficient (Wildman–Crippen LogP) is 12.2. The SMILES string of the molecule is CC(C)(C)c1cc(Oc2[c-]c3c(cc2)c2c(C(C)(C)C)cccc2n3-c2cc(C(C)(C)C)ccn2)[c-]c(-n2[cH+]n(C(C)(C)C)c3ccccc32)c1.[Pt]. The van der Waals surface area contributed by atoms with E-state index in [0.717, 1.165) is 33.4 Å². The first-order valence-electron chi connectivity index (χ1n) is 18.1. The van der Waals surface area contributed by atoms with E-state index in [1.54, 1.807) is 0 Å². The van der Waals surface area contributed by atoms with Gasteiger partial charge in [0.1, 0.15) is 5.82 Å². The molecule has 0 radical (unpaired) electrons. The topological polar surface area (TPSA) is 36.9 Å². The molecule has 0 unspecified atom stereocenters. The number of para-hydroxylation sites is 2. The molecule has 7 rings (SSSR count). The Morgan fingerprint density at radius 2 is 1.31 bits per heavy atom. The fraction of sp³-hybridized carbons (Fsp3) is 0.348. The number of fused-ring (bicyclic) bond motifs is 4. The van der Waals surface area contributed by atoms with Crippen molar-refractivity contribution in [3.63, 3.8) is 0 Å². The third-order valence-electron chi connectivity index (χ3n) is 9.85. The van der Waals surface area contributed by atoms with Crippen LogP contribution in [0.25, 0.3) is 44.3 Å². The van der Waals surface area contributed by atoms with Gasteiger partial charge in [0.25, 0.3) is 0 Å². The zero-order valence-corrected chi connectivity index (χ0v) is 34.9. The van der Waals surface area contributed by atoms with Gasteiger partial charge in [0.15, 0.2) is 17.4 Å². The Labute approximate surface area is 323 Å². The quantitative estimate of drug-likeness (QED) is 0.165. The molecular formula is C46H51N4OPt-. The molecule has 3 heterocycles. The van der Waals surface area contributed by atoms with Crippen LogP contribution in [0.2, 0.25) is 0 Å². The van der Waals surface area contributed by atoms with E-state index < -0.39 is 0 Å².